The molecular weight excluding hydrogens is 222 g/mol. The minimum Gasteiger partial charge on any atom is -0.508 e. The van der Waals surface area contributed by atoms with Crippen molar-refractivity contribution in [3.8, 4) is 5.75 Å². The summed E-state index contributed by atoms with van der Waals surface area (Å²) < 4.78 is 0. The van der Waals surface area contributed by atoms with Gasteiger partial charge in [0.05, 0.1) is 0 Å². The molecule has 0 spiro atoms. The van der Waals surface area contributed by atoms with E-state index in [-0.39, 0.29) is 0 Å². The van der Waals surface area contributed by atoms with Gasteiger partial charge in [-0.3, -0.25) is 0 Å². The molecule has 2 nitrogen and oxygen atoms in total. The second-order valence-corrected chi connectivity index (χ2v) is 5.97. The maximum absolute atomic E-state index is 9.65. The molecule has 2 N–H and O–H groups in total. The Morgan fingerprint density at radius 1 is 1.22 bits per heavy atom. The molecule has 1 aliphatic rings. The first-order valence-corrected chi connectivity index (χ1v) is 7.10. The number of aromatic hydroxyl groups is 1. The summed E-state index contributed by atoms with van der Waals surface area (Å²) in [6.07, 6.45) is 5.48. The van der Waals surface area contributed by atoms with Gasteiger partial charge in [0, 0.05) is 12.2 Å². The molecule has 18 heavy (non-hydrogen) atoms. The standard InChI is InChI=1S/C16H25NO/c1-11-5-4-6-14(7-11)10-17-15-8-13(3)16(18)9-12(15)2/h8-9,11,14,17-18H,4-7,10H2,1-3H3. The first-order chi connectivity index (χ1) is 8.56. The number of rotatable bonds is 3. The molecule has 2 rings (SSSR count). The number of nitrogens with one attached hydrogen (secondary N) is 1. The highest BCUT2D eigenvalue weighted by Crippen LogP contribution is 2.30. The molecule has 2 heteroatoms. The Morgan fingerprint density at radius 3 is 2.72 bits per heavy atom. The van der Waals surface area contributed by atoms with E-state index in [1.807, 2.05) is 19.9 Å². The van der Waals surface area contributed by atoms with Crippen LogP contribution in [0.1, 0.15) is 43.7 Å². The summed E-state index contributed by atoms with van der Waals surface area (Å²) in [4.78, 5) is 0. The fourth-order valence-corrected chi connectivity index (χ4v) is 2.99. The number of aryl methyl sites for hydroxylation is 2. The van der Waals surface area contributed by atoms with Crippen LogP contribution in [0.4, 0.5) is 5.69 Å². The van der Waals surface area contributed by atoms with Crippen LogP contribution in [-0.4, -0.2) is 11.7 Å². The SMILES string of the molecule is Cc1cc(NCC2CCCC(C)C2)c(C)cc1O. The number of anilines is 1. The van der Waals surface area contributed by atoms with Gasteiger partial charge in [-0.2, -0.15) is 0 Å². The molecule has 2 atom stereocenters. The van der Waals surface area contributed by atoms with E-state index >= 15 is 0 Å². The minimum absolute atomic E-state index is 0.393. The Kier molecular flexibility index (Phi) is 4.15. The van der Waals surface area contributed by atoms with Crippen molar-refractivity contribution in [2.75, 3.05) is 11.9 Å². The van der Waals surface area contributed by atoms with Crippen molar-refractivity contribution in [3.63, 3.8) is 0 Å². The lowest BCUT2D eigenvalue weighted by molar-refractivity contribution is 0.293. The van der Waals surface area contributed by atoms with E-state index in [0.717, 1.165) is 29.5 Å². The molecule has 100 valence electrons. The van der Waals surface area contributed by atoms with E-state index in [0.29, 0.717) is 5.75 Å². The van der Waals surface area contributed by atoms with E-state index < -0.39 is 0 Å². The highest BCUT2D eigenvalue weighted by molar-refractivity contribution is 5.56. The van der Waals surface area contributed by atoms with Gasteiger partial charge in [0.25, 0.3) is 0 Å². The molecule has 0 radical (unpaired) electrons. The van der Waals surface area contributed by atoms with Gasteiger partial charge in [-0.1, -0.05) is 19.8 Å². The quantitative estimate of drug-likeness (QED) is 0.783. The molecule has 0 aliphatic heterocycles. The molecule has 1 aliphatic carbocycles. The summed E-state index contributed by atoms with van der Waals surface area (Å²) in [6.45, 7) is 7.42. The Balaban J connectivity index is 1.95. The lowest BCUT2D eigenvalue weighted by Gasteiger charge is -2.27. The van der Waals surface area contributed by atoms with Gasteiger partial charge in [-0.05, 0) is 61.8 Å². The van der Waals surface area contributed by atoms with Gasteiger partial charge in [-0.25, -0.2) is 0 Å². The van der Waals surface area contributed by atoms with Crippen LogP contribution in [0.15, 0.2) is 12.1 Å². The molecule has 1 aromatic rings. The second-order valence-electron chi connectivity index (χ2n) is 5.97. The predicted octanol–water partition coefficient (Wildman–Crippen LogP) is 4.25. The summed E-state index contributed by atoms with van der Waals surface area (Å²) in [5.74, 6) is 2.08. The maximum atomic E-state index is 9.65. The van der Waals surface area contributed by atoms with Crippen molar-refractivity contribution in [3.05, 3.63) is 23.3 Å². The molecule has 0 aromatic heterocycles. The van der Waals surface area contributed by atoms with E-state index in [1.165, 1.54) is 31.4 Å². The van der Waals surface area contributed by atoms with E-state index in [2.05, 4.69) is 18.3 Å². The Bertz CT molecular complexity index is 414. The van der Waals surface area contributed by atoms with Crippen molar-refractivity contribution >= 4 is 5.69 Å². The van der Waals surface area contributed by atoms with Crippen molar-refractivity contribution in [1.29, 1.82) is 0 Å². The van der Waals surface area contributed by atoms with Crippen LogP contribution in [0.5, 0.6) is 5.75 Å². The fourth-order valence-electron chi connectivity index (χ4n) is 2.99. The zero-order valence-electron chi connectivity index (χ0n) is 11.8. The molecule has 0 bridgehead atoms. The number of phenolic OH excluding ortho intramolecular Hbond substituents is 1. The summed E-state index contributed by atoms with van der Waals surface area (Å²) in [7, 11) is 0. The highest BCUT2D eigenvalue weighted by Gasteiger charge is 2.18. The van der Waals surface area contributed by atoms with Gasteiger partial charge < -0.3 is 10.4 Å². The molecule has 1 aromatic carbocycles. The minimum atomic E-state index is 0.393. The molecular formula is C16H25NO. The highest BCUT2D eigenvalue weighted by atomic mass is 16.3. The van der Waals surface area contributed by atoms with E-state index in [4.69, 9.17) is 0 Å². The molecule has 2 unspecified atom stereocenters. The zero-order valence-corrected chi connectivity index (χ0v) is 11.8. The van der Waals surface area contributed by atoms with Crippen LogP contribution in [0.25, 0.3) is 0 Å². The van der Waals surface area contributed by atoms with Crippen LogP contribution in [0, 0.1) is 25.7 Å². The topological polar surface area (TPSA) is 32.3 Å². The normalized spacial score (nSPS) is 23.9. The average molecular weight is 247 g/mol. The van der Waals surface area contributed by atoms with Crippen LogP contribution in [0.2, 0.25) is 0 Å². The lowest BCUT2D eigenvalue weighted by Crippen LogP contribution is -2.21. The van der Waals surface area contributed by atoms with Crippen LogP contribution in [0.3, 0.4) is 0 Å². The summed E-state index contributed by atoms with van der Waals surface area (Å²) in [5.41, 5.74) is 3.24. The number of hydrogen-bond acceptors (Lipinski definition) is 2. The van der Waals surface area contributed by atoms with Crippen LogP contribution in [-0.2, 0) is 0 Å². The molecule has 0 amide bonds. The zero-order chi connectivity index (χ0) is 13.1. The van der Waals surface area contributed by atoms with Gasteiger partial charge in [-0.15, -0.1) is 0 Å². The van der Waals surface area contributed by atoms with Crippen LogP contribution < -0.4 is 5.32 Å². The molecule has 0 saturated heterocycles. The van der Waals surface area contributed by atoms with Crippen molar-refractivity contribution in [2.24, 2.45) is 11.8 Å². The summed E-state index contributed by atoms with van der Waals surface area (Å²) in [6, 6.07) is 3.90. The van der Waals surface area contributed by atoms with Gasteiger partial charge in [0.1, 0.15) is 5.75 Å². The van der Waals surface area contributed by atoms with Crippen LogP contribution >= 0.6 is 0 Å². The second kappa shape index (κ2) is 5.64. The number of benzene rings is 1. The Hall–Kier alpha value is -1.18. The third kappa shape index (κ3) is 3.18. The van der Waals surface area contributed by atoms with E-state index in [9.17, 15) is 5.11 Å². The maximum Gasteiger partial charge on any atom is 0.118 e. The van der Waals surface area contributed by atoms with Gasteiger partial charge in [0.15, 0.2) is 0 Å². The average Bonchev–Trinajstić information content (AvgIpc) is 2.32. The summed E-state index contributed by atoms with van der Waals surface area (Å²) in [5, 5.41) is 13.2. The predicted molar refractivity (Wildman–Crippen MR) is 77.2 cm³/mol. The molecule has 1 fully saturated rings. The van der Waals surface area contributed by atoms with Gasteiger partial charge >= 0.3 is 0 Å². The van der Waals surface area contributed by atoms with Gasteiger partial charge in [0.2, 0.25) is 0 Å². The Labute approximate surface area is 110 Å². The van der Waals surface area contributed by atoms with Crippen molar-refractivity contribution < 1.29 is 5.11 Å². The molecule has 0 heterocycles. The fraction of sp³-hybridized carbons (Fsp3) is 0.625. The Morgan fingerprint density at radius 2 is 2.00 bits per heavy atom. The number of phenols is 1. The monoisotopic (exact) mass is 247 g/mol. The first kappa shape index (κ1) is 13.3. The molecule has 1 saturated carbocycles. The van der Waals surface area contributed by atoms with Crippen molar-refractivity contribution in [1.82, 2.24) is 0 Å². The largest absolute Gasteiger partial charge is 0.508 e. The van der Waals surface area contributed by atoms with Crippen molar-refractivity contribution in [2.45, 2.75) is 46.5 Å². The lowest BCUT2D eigenvalue weighted by atomic mass is 9.82. The third-order valence-electron chi connectivity index (χ3n) is 4.17. The first-order valence-electron chi connectivity index (χ1n) is 7.10. The smallest absolute Gasteiger partial charge is 0.118 e. The third-order valence-corrected chi connectivity index (χ3v) is 4.17. The van der Waals surface area contributed by atoms with E-state index in [1.54, 1.807) is 0 Å². The summed E-state index contributed by atoms with van der Waals surface area (Å²) >= 11 is 0. The number of hydrogen-bond donors (Lipinski definition) is 2.